The van der Waals surface area contributed by atoms with E-state index in [1.54, 1.807) is 0 Å². The molecule has 11 rings (SSSR count). The second kappa shape index (κ2) is 12.5. The van der Waals surface area contributed by atoms with Crippen molar-refractivity contribution < 1.29 is 0 Å². The van der Waals surface area contributed by atoms with E-state index < -0.39 is 0 Å². The van der Waals surface area contributed by atoms with E-state index in [9.17, 15) is 0 Å². The fourth-order valence-corrected chi connectivity index (χ4v) is 8.80. The van der Waals surface area contributed by atoms with Gasteiger partial charge in [-0.2, -0.15) is 0 Å². The van der Waals surface area contributed by atoms with Crippen molar-refractivity contribution in [1.29, 1.82) is 0 Å². The molecule has 0 saturated carbocycles. The molecule has 11 aromatic carbocycles. The first-order valence-corrected chi connectivity index (χ1v) is 19.0. The number of aliphatic imine (C=N–C) groups is 1. The van der Waals surface area contributed by atoms with Crippen molar-refractivity contribution in [2.45, 2.75) is 6.92 Å². The number of benzene rings is 11. The lowest BCUT2D eigenvalue weighted by Gasteiger charge is -2.14. The first-order chi connectivity index (χ1) is 27.2. The Labute approximate surface area is 319 Å². The summed E-state index contributed by atoms with van der Waals surface area (Å²) in [5, 5.41) is 15.7. The van der Waals surface area contributed by atoms with Crippen molar-refractivity contribution >= 4 is 88.2 Å². The summed E-state index contributed by atoms with van der Waals surface area (Å²) >= 11 is 0. The molecule has 55 heavy (non-hydrogen) atoms. The highest BCUT2D eigenvalue weighted by molar-refractivity contribution is 6.26. The summed E-state index contributed by atoms with van der Waals surface area (Å²) < 4.78 is 0. The summed E-state index contributed by atoms with van der Waals surface area (Å²) in [5.74, 6) is 0. The Morgan fingerprint density at radius 2 is 0.836 bits per heavy atom. The molecule has 0 aliphatic heterocycles. The van der Waals surface area contributed by atoms with Crippen molar-refractivity contribution in [3.63, 3.8) is 0 Å². The molecule has 0 saturated heterocycles. The molecule has 0 unspecified atom stereocenters. The maximum atomic E-state index is 5.13. The molecule has 0 heterocycles. The monoisotopic (exact) mass is 697 g/mol. The third-order valence-electron chi connectivity index (χ3n) is 11.6. The zero-order valence-electron chi connectivity index (χ0n) is 30.4. The van der Waals surface area contributed by atoms with Gasteiger partial charge in [0.15, 0.2) is 0 Å². The molecular weight excluding hydrogens is 663 g/mol. The van der Waals surface area contributed by atoms with Gasteiger partial charge >= 0.3 is 0 Å². The molecule has 0 aromatic heterocycles. The van der Waals surface area contributed by atoms with E-state index in [-0.39, 0.29) is 0 Å². The SMILES string of the molecule is CC(=Nc1ccccc1/C=C\c1ccc(-c2ccc3ccc4cccc5ccc2c3c45)cc1)c1ccc(-c2ccc3ccc4cccc5ccc2c3c45)cc1. The van der Waals surface area contributed by atoms with Crippen molar-refractivity contribution in [2.75, 3.05) is 0 Å². The van der Waals surface area contributed by atoms with E-state index in [4.69, 9.17) is 4.99 Å². The van der Waals surface area contributed by atoms with Gasteiger partial charge in [0.25, 0.3) is 0 Å². The second-order valence-corrected chi connectivity index (χ2v) is 14.7. The van der Waals surface area contributed by atoms with E-state index in [1.807, 2.05) is 0 Å². The summed E-state index contributed by atoms with van der Waals surface area (Å²) in [5.41, 5.74) is 10.2. The van der Waals surface area contributed by atoms with Crippen LogP contribution < -0.4 is 0 Å². The van der Waals surface area contributed by atoms with Gasteiger partial charge < -0.3 is 0 Å². The smallest absolute Gasteiger partial charge is 0.0705 e. The van der Waals surface area contributed by atoms with Crippen LogP contribution in [0.15, 0.2) is 187 Å². The molecule has 0 bridgehead atoms. The van der Waals surface area contributed by atoms with Gasteiger partial charge in [-0.1, -0.05) is 188 Å². The normalized spacial score (nSPS) is 12.5. The zero-order chi connectivity index (χ0) is 36.5. The van der Waals surface area contributed by atoms with E-state index in [0.29, 0.717) is 0 Å². The standard InChI is InChI=1S/C54H35N/c1-34(36-18-20-38(21-19-36)47-31-27-45-25-23-41-8-5-10-43-29-33-49(47)54(45)52(41)43)55-50-11-3-2-6-39(50)17-14-35-12-15-37(16-13-35)46-30-26-44-24-22-40-7-4-9-42-28-32-48(46)53(44)51(40)42/h2-33H,1H3/b17-14-,55-34?. The lowest BCUT2D eigenvalue weighted by atomic mass is 9.89. The molecule has 0 fully saturated rings. The van der Waals surface area contributed by atoms with Crippen LogP contribution in [0, 0.1) is 0 Å². The van der Waals surface area contributed by atoms with Gasteiger partial charge in [-0.15, -0.1) is 0 Å². The highest BCUT2D eigenvalue weighted by atomic mass is 14.7. The van der Waals surface area contributed by atoms with Crippen LogP contribution in [0.3, 0.4) is 0 Å². The van der Waals surface area contributed by atoms with E-state index in [1.165, 1.54) is 86.9 Å². The molecule has 0 radical (unpaired) electrons. The Balaban J connectivity index is 0.866. The number of nitrogens with zero attached hydrogens (tertiary/aromatic N) is 1. The second-order valence-electron chi connectivity index (χ2n) is 14.7. The third-order valence-corrected chi connectivity index (χ3v) is 11.6. The van der Waals surface area contributed by atoms with Crippen molar-refractivity contribution in [3.05, 3.63) is 199 Å². The van der Waals surface area contributed by atoms with Crippen molar-refractivity contribution in [1.82, 2.24) is 0 Å². The van der Waals surface area contributed by atoms with Crippen LogP contribution in [0.25, 0.3) is 99.0 Å². The Hall–Kier alpha value is -7.09. The summed E-state index contributed by atoms with van der Waals surface area (Å²) in [6.07, 6.45) is 4.36. The molecular formula is C54H35N. The Morgan fingerprint density at radius 3 is 1.38 bits per heavy atom. The minimum atomic E-state index is 0.956. The topological polar surface area (TPSA) is 12.4 Å². The highest BCUT2D eigenvalue weighted by Gasteiger charge is 2.14. The van der Waals surface area contributed by atoms with Crippen LogP contribution in [-0.4, -0.2) is 5.71 Å². The van der Waals surface area contributed by atoms with Crippen LogP contribution in [0.2, 0.25) is 0 Å². The number of rotatable bonds is 6. The first-order valence-electron chi connectivity index (χ1n) is 19.0. The number of para-hydroxylation sites is 1. The lowest BCUT2D eigenvalue weighted by Crippen LogP contribution is -1.94. The molecule has 0 atom stereocenters. The number of hydrogen-bond donors (Lipinski definition) is 0. The van der Waals surface area contributed by atoms with Crippen molar-refractivity contribution in [3.8, 4) is 22.3 Å². The van der Waals surface area contributed by atoms with E-state index in [2.05, 4.69) is 201 Å². The van der Waals surface area contributed by atoms with Gasteiger partial charge in [0.05, 0.1) is 5.69 Å². The summed E-state index contributed by atoms with van der Waals surface area (Å²) in [7, 11) is 0. The van der Waals surface area contributed by atoms with Crippen LogP contribution in [0.4, 0.5) is 5.69 Å². The van der Waals surface area contributed by atoms with Crippen LogP contribution in [-0.2, 0) is 0 Å². The molecule has 1 nitrogen and oxygen atoms in total. The largest absolute Gasteiger partial charge is 0.253 e. The van der Waals surface area contributed by atoms with Crippen LogP contribution in [0.5, 0.6) is 0 Å². The van der Waals surface area contributed by atoms with Crippen LogP contribution in [0.1, 0.15) is 23.6 Å². The van der Waals surface area contributed by atoms with Gasteiger partial charge in [-0.25, -0.2) is 0 Å². The third kappa shape index (κ3) is 5.20. The number of hydrogen-bond acceptors (Lipinski definition) is 1. The summed E-state index contributed by atoms with van der Waals surface area (Å²) in [6.45, 7) is 2.10. The van der Waals surface area contributed by atoms with Crippen LogP contribution >= 0.6 is 0 Å². The molecule has 0 aliphatic carbocycles. The minimum Gasteiger partial charge on any atom is -0.253 e. The van der Waals surface area contributed by atoms with Crippen molar-refractivity contribution in [2.24, 2.45) is 4.99 Å². The average Bonchev–Trinajstić information content (AvgIpc) is 3.24. The fourth-order valence-electron chi connectivity index (χ4n) is 8.80. The molecule has 11 aromatic rings. The van der Waals surface area contributed by atoms with E-state index in [0.717, 1.165) is 28.1 Å². The predicted octanol–water partition coefficient (Wildman–Crippen LogP) is 15.1. The van der Waals surface area contributed by atoms with Gasteiger partial charge in [-0.05, 0) is 111 Å². The summed E-state index contributed by atoms with van der Waals surface area (Å²) in [4.78, 5) is 5.13. The lowest BCUT2D eigenvalue weighted by molar-refractivity contribution is 1.46. The molecule has 0 amide bonds. The van der Waals surface area contributed by atoms with Gasteiger partial charge in [0, 0.05) is 11.3 Å². The minimum absolute atomic E-state index is 0.956. The molecule has 0 spiro atoms. The maximum absolute atomic E-state index is 5.13. The average molecular weight is 698 g/mol. The predicted molar refractivity (Wildman–Crippen MR) is 238 cm³/mol. The van der Waals surface area contributed by atoms with Gasteiger partial charge in [0.2, 0.25) is 0 Å². The Kier molecular flexibility index (Phi) is 7.15. The van der Waals surface area contributed by atoms with Gasteiger partial charge in [-0.3, -0.25) is 4.99 Å². The quantitative estimate of drug-likeness (QED) is 0.0932. The maximum Gasteiger partial charge on any atom is 0.0705 e. The fraction of sp³-hybridized carbons (Fsp3) is 0.0185. The summed E-state index contributed by atoms with van der Waals surface area (Å²) in [6, 6.07) is 66.4. The Bertz CT molecular complexity index is 3260. The zero-order valence-corrected chi connectivity index (χ0v) is 30.4. The van der Waals surface area contributed by atoms with Gasteiger partial charge in [0.1, 0.15) is 0 Å². The molecule has 0 N–H and O–H groups in total. The van der Waals surface area contributed by atoms with E-state index >= 15 is 0 Å². The molecule has 1 heteroatoms. The molecule has 256 valence electrons. The Morgan fingerprint density at radius 1 is 0.382 bits per heavy atom. The molecule has 0 aliphatic rings. The first kappa shape index (κ1) is 31.4. The highest BCUT2D eigenvalue weighted by Crippen LogP contribution is 2.41.